The summed E-state index contributed by atoms with van der Waals surface area (Å²) < 4.78 is 5.62. The van der Waals surface area contributed by atoms with Crippen molar-refractivity contribution in [2.75, 3.05) is 13.6 Å². The number of halogens is 1. The lowest BCUT2D eigenvalue weighted by Crippen LogP contribution is -2.45. The molecule has 0 aliphatic heterocycles. The first-order valence-electron chi connectivity index (χ1n) is 9.62. The van der Waals surface area contributed by atoms with Gasteiger partial charge in [0.25, 0.3) is 0 Å². The first-order chi connectivity index (χ1) is 12.6. The number of aromatic nitrogens is 1. The number of nitrogens with one attached hydrogen (secondary N) is 2. The van der Waals surface area contributed by atoms with Gasteiger partial charge in [0.2, 0.25) is 5.89 Å². The summed E-state index contributed by atoms with van der Waals surface area (Å²) in [4.78, 5) is 8.93. The molecule has 0 amide bonds. The van der Waals surface area contributed by atoms with Gasteiger partial charge >= 0.3 is 0 Å². The lowest BCUT2D eigenvalue weighted by atomic mass is 9.87. The molecule has 0 atom stereocenters. The molecule has 3 rings (SSSR count). The Hall–Kier alpha value is -1.57. The van der Waals surface area contributed by atoms with Crippen LogP contribution in [-0.4, -0.2) is 30.6 Å². The number of guanidine groups is 1. The van der Waals surface area contributed by atoms with Crippen LogP contribution in [0.15, 0.2) is 39.9 Å². The summed E-state index contributed by atoms with van der Waals surface area (Å²) in [5.74, 6) is 2.42. The van der Waals surface area contributed by atoms with Gasteiger partial charge < -0.3 is 15.1 Å². The molecule has 0 saturated heterocycles. The van der Waals surface area contributed by atoms with Gasteiger partial charge in [-0.3, -0.25) is 4.99 Å². The van der Waals surface area contributed by atoms with Gasteiger partial charge in [-0.15, -0.1) is 24.0 Å². The minimum absolute atomic E-state index is 0. The number of rotatable bonds is 5. The van der Waals surface area contributed by atoms with Crippen molar-refractivity contribution in [2.45, 2.75) is 52.0 Å². The van der Waals surface area contributed by atoms with E-state index in [0.717, 1.165) is 36.1 Å². The zero-order valence-corrected chi connectivity index (χ0v) is 18.8. The molecule has 1 heterocycles. The summed E-state index contributed by atoms with van der Waals surface area (Å²) in [5.41, 5.74) is 3.20. The normalized spacial score (nSPS) is 20.0. The zero-order valence-electron chi connectivity index (χ0n) is 16.5. The van der Waals surface area contributed by atoms with Crippen LogP contribution in [0.5, 0.6) is 0 Å². The molecule has 148 valence electrons. The van der Waals surface area contributed by atoms with Crippen molar-refractivity contribution in [1.29, 1.82) is 0 Å². The molecule has 27 heavy (non-hydrogen) atoms. The van der Waals surface area contributed by atoms with Crippen molar-refractivity contribution in [3.63, 3.8) is 0 Å². The molecule has 0 bridgehead atoms. The van der Waals surface area contributed by atoms with E-state index in [4.69, 9.17) is 4.42 Å². The molecule has 1 aromatic heterocycles. The summed E-state index contributed by atoms with van der Waals surface area (Å²) in [5, 5.41) is 6.93. The molecular formula is C21H31IN4O. The smallest absolute Gasteiger partial charge is 0.226 e. The van der Waals surface area contributed by atoms with Crippen molar-refractivity contribution < 1.29 is 4.42 Å². The Balaban J connectivity index is 0.00000261. The Morgan fingerprint density at radius 1 is 1.19 bits per heavy atom. The van der Waals surface area contributed by atoms with Crippen molar-refractivity contribution in [3.8, 4) is 11.5 Å². The maximum absolute atomic E-state index is 5.62. The van der Waals surface area contributed by atoms with Crippen LogP contribution in [0, 0.1) is 12.8 Å². The Bertz CT molecular complexity index is 718. The zero-order chi connectivity index (χ0) is 18.4. The fourth-order valence-corrected chi connectivity index (χ4v) is 3.35. The molecule has 0 spiro atoms. The first-order valence-corrected chi connectivity index (χ1v) is 9.62. The molecular weight excluding hydrogens is 451 g/mol. The number of aliphatic imine (C=N–C) groups is 1. The number of hydrogen-bond donors (Lipinski definition) is 2. The maximum Gasteiger partial charge on any atom is 0.226 e. The van der Waals surface area contributed by atoms with Gasteiger partial charge in [0, 0.05) is 31.6 Å². The summed E-state index contributed by atoms with van der Waals surface area (Å²) in [6, 6.07) is 8.77. The van der Waals surface area contributed by atoms with Gasteiger partial charge in [0.1, 0.15) is 6.26 Å². The third-order valence-corrected chi connectivity index (χ3v) is 5.10. The lowest BCUT2D eigenvalue weighted by Gasteiger charge is -2.28. The average molecular weight is 482 g/mol. The Morgan fingerprint density at radius 2 is 1.89 bits per heavy atom. The van der Waals surface area contributed by atoms with Crippen LogP contribution in [-0.2, 0) is 6.42 Å². The van der Waals surface area contributed by atoms with Crippen LogP contribution in [0.1, 0.15) is 43.9 Å². The van der Waals surface area contributed by atoms with Gasteiger partial charge in [-0.05, 0) is 50.7 Å². The molecule has 0 unspecified atom stereocenters. The molecule has 1 aromatic carbocycles. The van der Waals surface area contributed by atoms with Crippen LogP contribution in [0.2, 0.25) is 0 Å². The van der Waals surface area contributed by atoms with Gasteiger partial charge in [-0.1, -0.05) is 24.6 Å². The number of hydrogen-bond acceptors (Lipinski definition) is 3. The highest BCUT2D eigenvalue weighted by Crippen LogP contribution is 2.23. The summed E-state index contributed by atoms with van der Waals surface area (Å²) in [6.45, 7) is 5.19. The number of nitrogens with zero attached hydrogens (tertiary/aromatic N) is 2. The largest absolute Gasteiger partial charge is 0.444 e. The molecule has 1 saturated carbocycles. The summed E-state index contributed by atoms with van der Waals surface area (Å²) >= 11 is 0. The van der Waals surface area contributed by atoms with Gasteiger partial charge in [-0.25, -0.2) is 4.98 Å². The summed E-state index contributed by atoms with van der Waals surface area (Å²) in [6.07, 6.45) is 7.61. The highest BCUT2D eigenvalue weighted by Gasteiger charge is 2.18. The monoisotopic (exact) mass is 482 g/mol. The van der Waals surface area contributed by atoms with Crippen LogP contribution in [0.3, 0.4) is 0 Å². The second-order valence-electron chi connectivity index (χ2n) is 7.36. The second-order valence-corrected chi connectivity index (χ2v) is 7.36. The van der Waals surface area contributed by atoms with Crippen LogP contribution in [0.25, 0.3) is 11.5 Å². The molecule has 1 fully saturated rings. The fraction of sp³-hybridized carbons (Fsp3) is 0.524. The third kappa shape index (κ3) is 6.52. The van der Waals surface area contributed by atoms with Crippen LogP contribution < -0.4 is 10.6 Å². The van der Waals surface area contributed by atoms with Gasteiger partial charge in [0.05, 0.1) is 5.69 Å². The molecule has 0 radical (unpaired) electrons. The Labute approximate surface area is 179 Å². The first kappa shape index (κ1) is 21.7. The SMILES string of the molecule is CN=C(NCCc1coc(-c2ccc(C)cc2)n1)NC1CCC(C)CC1.I. The van der Waals surface area contributed by atoms with E-state index in [2.05, 4.69) is 46.6 Å². The molecule has 2 N–H and O–H groups in total. The van der Waals surface area contributed by atoms with E-state index in [-0.39, 0.29) is 24.0 Å². The lowest BCUT2D eigenvalue weighted by molar-refractivity contribution is 0.329. The van der Waals surface area contributed by atoms with Gasteiger partial charge in [0.15, 0.2) is 5.96 Å². The van der Waals surface area contributed by atoms with Crippen LogP contribution in [0.4, 0.5) is 0 Å². The van der Waals surface area contributed by atoms with E-state index in [9.17, 15) is 0 Å². The Kier molecular flexibility index (Phi) is 8.60. The molecule has 6 heteroatoms. The average Bonchev–Trinajstić information content (AvgIpc) is 3.12. The quantitative estimate of drug-likeness (QED) is 0.373. The molecule has 1 aliphatic carbocycles. The van der Waals surface area contributed by atoms with Crippen molar-refractivity contribution in [2.24, 2.45) is 10.9 Å². The maximum atomic E-state index is 5.62. The van der Waals surface area contributed by atoms with E-state index >= 15 is 0 Å². The molecule has 5 nitrogen and oxygen atoms in total. The van der Waals surface area contributed by atoms with E-state index in [1.54, 1.807) is 6.26 Å². The number of benzene rings is 1. The predicted octanol–water partition coefficient (Wildman–Crippen LogP) is 4.55. The summed E-state index contributed by atoms with van der Waals surface area (Å²) in [7, 11) is 1.83. The topological polar surface area (TPSA) is 62.5 Å². The van der Waals surface area contributed by atoms with E-state index in [1.807, 2.05) is 19.2 Å². The van der Waals surface area contributed by atoms with Crippen molar-refractivity contribution >= 4 is 29.9 Å². The minimum atomic E-state index is 0. The standard InChI is InChI=1S/C21H30N4O.HI/c1-15-4-8-17(9-5-15)20-24-19(14-26-20)12-13-23-21(22-3)25-18-10-6-16(2)7-11-18;/h4-5,8-9,14,16,18H,6-7,10-13H2,1-3H3,(H2,22,23,25);1H. The van der Waals surface area contributed by atoms with E-state index in [1.165, 1.54) is 31.2 Å². The van der Waals surface area contributed by atoms with Gasteiger partial charge in [-0.2, -0.15) is 0 Å². The second kappa shape index (κ2) is 10.7. The molecule has 2 aromatic rings. The number of aryl methyl sites for hydroxylation is 1. The van der Waals surface area contributed by atoms with E-state index < -0.39 is 0 Å². The number of oxazole rings is 1. The predicted molar refractivity (Wildman–Crippen MR) is 122 cm³/mol. The third-order valence-electron chi connectivity index (χ3n) is 5.10. The molecule has 1 aliphatic rings. The highest BCUT2D eigenvalue weighted by molar-refractivity contribution is 14.0. The van der Waals surface area contributed by atoms with E-state index in [0.29, 0.717) is 11.9 Å². The highest BCUT2D eigenvalue weighted by atomic mass is 127. The van der Waals surface area contributed by atoms with Crippen LogP contribution >= 0.6 is 24.0 Å². The van der Waals surface area contributed by atoms with Crippen molar-refractivity contribution in [3.05, 3.63) is 41.8 Å². The van der Waals surface area contributed by atoms with Crippen molar-refractivity contribution in [1.82, 2.24) is 15.6 Å². The fourth-order valence-electron chi connectivity index (χ4n) is 3.35. The minimum Gasteiger partial charge on any atom is -0.444 e. The Morgan fingerprint density at radius 3 is 2.56 bits per heavy atom.